The number of esters is 1. The fourth-order valence-electron chi connectivity index (χ4n) is 3.64. The van der Waals surface area contributed by atoms with Crippen LogP contribution in [-0.4, -0.2) is 27.5 Å². The van der Waals surface area contributed by atoms with Crippen LogP contribution >= 0.6 is 0 Å². The standard InChI is InChI=1S/C24H32O3Si/c1-6-20(18-23(25)26-7-2)19-27-28(24(3,4)5,21-14-10-8-11-15-21)22-16-12-9-13-17-22/h6,8-17,20H,1,7,18-19H2,2-5H3. The number of carbonyl (C=O) groups excluding carboxylic acids is 1. The van der Waals surface area contributed by atoms with Crippen molar-refractivity contribution < 1.29 is 14.0 Å². The van der Waals surface area contributed by atoms with E-state index in [1.165, 1.54) is 10.4 Å². The van der Waals surface area contributed by atoms with Crippen molar-refractivity contribution in [2.45, 2.75) is 39.2 Å². The van der Waals surface area contributed by atoms with Crippen LogP contribution < -0.4 is 10.4 Å². The molecule has 2 rings (SSSR count). The third kappa shape index (κ3) is 5.00. The number of hydrogen-bond acceptors (Lipinski definition) is 3. The van der Waals surface area contributed by atoms with Gasteiger partial charge >= 0.3 is 5.97 Å². The van der Waals surface area contributed by atoms with E-state index >= 15 is 0 Å². The summed E-state index contributed by atoms with van der Waals surface area (Å²) in [7, 11) is -2.60. The molecule has 3 nitrogen and oxygen atoms in total. The molecule has 0 radical (unpaired) electrons. The van der Waals surface area contributed by atoms with Gasteiger partial charge in [0.15, 0.2) is 0 Å². The minimum atomic E-state index is -2.60. The highest BCUT2D eigenvalue weighted by Gasteiger charge is 2.50. The Bertz CT molecular complexity index is 711. The van der Waals surface area contributed by atoms with Gasteiger partial charge in [-0.3, -0.25) is 4.79 Å². The lowest BCUT2D eigenvalue weighted by Gasteiger charge is -2.43. The van der Waals surface area contributed by atoms with Crippen molar-refractivity contribution in [1.29, 1.82) is 0 Å². The molecule has 0 aliphatic heterocycles. The number of hydrogen-bond donors (Lipinski definition) is 0. The molecule has 2 aromatic carbocycles. The molecular weight excluding hydrogens is 364 g/mol. The summed E-state index contributed by atoms with van der Waals surface area (Å²) < 4.78 is 12.0. The zero-order valence-electron chi connectivity index (χ0n) is 17.5. The van der Waals surface area contributed by atoms with Crippen LogP contribution in [-0.2, 0) is 14.0 Å². The van der Waals surface area contributed by atoms with Gasteiger partial charge in [0, 0.05) is 12.5 Å². The molecule has 2 aromatic rings. The largest absolute Gasteiger partial charge is 0.466 e. The van der Waals surface area contributed by atoms with E-state index < -0.39 is 8.32 Å². The summed E-state index contributed by atoms with van der Waals surface area (Å²) in [6.45, 7) is 13.3. The van der Waals surface area contributed by atoms with Crippen LogP contribution in [0.2, 0.25) is 5.04 Å². The lowest BCUT2D eigenvalue weighted by Crippen LogP contribution is -2.66. The minimum Gasteiger partial charge on any atom is -0.466 e. The number of benzene rings is 2. The van der Waals surface area contributed by atoms with E-state index in [0.717, 1.165) is 0 Å². The quantitative estimate of drug-likeness (QED) is 0.360. The summed E-state index contributed by atoms with van der Waals surface area (Å²) in [5, 5.41) is 2.37. The molecule has 0 spiro atoms. The van der Waals surface area contributed by atoms with Crippen molar-refractivity contribution in [3.05, 3.63) is 73.3 Å². The Hall–Kier alpha value is -2.17. The van der Waals surface area contributed by atoms with Gasteiger partial charge in [-0.1, -0.05) is 87.5 Å². The first-order valence-corrected chi connectivity index (χ1v) is 11.8. The molecule has 0 bridgehead atoms. The van der Waals surface area contributed by atoms with E-state index in [0.29, 0.717) is 13.2 Å². The maximum absolute atomic E-state index is 12.0. The average molecular weight is 397 g/mol. The van der Waals surface area contributed by atoms with Crippen LogP contribution in [0.1, 0.15) is 34.1 Å². The fourth-order valence-corrected chi connectivity index (χ4v) is 8.26. The van der Waals surface area contributed by atoms with E-state index in [1.807, 2.05) is 19.1 Å². The fraction of sp³-hybridized carbons (Fsp3) is 0.375. The Morgan fingerprint density at radius 1 is 1.04 bits per heavy atom. The zero-order chi connectivity index (χ0) is 20.6. The third-order valence-electron chi connectivity index (χ3n) is 5.00. The summed E-state index contributed by atoms with van der Waals surface area (Å²) in [4.78, 5) is 12.0. The second-order valence-corrected chi connectivity index (χ2v) is 12.3. The number of ether oxygens (including phenoxy) is 1. The molecule has 0 aliphatic carbocycles. The monoisotopic (exact) mass is 396 g/mol. The second kappa shape index (κ2) is 9.85. The van der Waals surface area contributed by atoms with E-state index in [9.17, 15) is 4.79 Å². The lowest BCUT2D eigenvalue weighted by molar-refractivity contribution is -0.144. The molecule has 150 valence electrons. The Morgan fingerprint density at radius 2 is 1.54 bits per heavy atom. The summed E-state index contributed by atoms with van der Waals surface area (Å²) in [6, 6.07) is 21.0. The van der Waals surface area contributed by atoms with Crippen LogP contribution in [0.3, 0.4) is 0 Å². The smallest absolute Gasteiger partial charge is 0.306 e. The van der Waals surface area contributed by atoms with Crippen LogP contribution in [0.25, 0.3) is 0 Å². The molecule has 0 heterocycles. The summed E-state index contributed by atoms with van der Waals surface area (Å²) in [5.41, 5.74) is 0. The maximum Gasteiger partial charge on any atom is 0.306 e. The number of carbonyl (C=O) groups is 1. The van der Waals surface area contributed by atoms with E-state index in [-0.39, 0.29) is 23.3 Å². The highest BCUT2D eigenvalue weighted by atomic mass is 28.4. The SMILES string of the molecule is C=CC(CO[Si](c1ccccc1)(c1ccccc1)C(C)(C)C)CC(=O)OCC. The first kappa shape index (κ1) is 22.1. The molecule has 0 fully saturated rings. The zero-order valence-corrected chi connectivity index (χ0v) is 18.5. The van der Waals surface area contributed by atoms with Crippen LogP contribution in [0.5, 0.6) is 0 Å². The van der Waals surface area contributed by atoms with Crippen LogP contribution in [0.15, 0.2) is 73.3 Å². The predicted octanol–water partition coefficient (Wildman–Crippen LogP) is 4.32. The van der Waals surface area contributed by atoms with E-state index in [2.05, 4.69) is 75.9 Å². The topological polar surface area (TPSA) is 35.5 Å². The molecule has 0 N–H and O–H groups in total. The van der Waals surface area contributed by atoms with Crippen LogP contribution in [0.4, 0.5) is 0 Å². The Morgan fingerprint density at radius 3 is 1.93 bits per heavy atom. The van der Waals surface area contributed by atoms with Crippen LogP contribution in [0, 0.1) is 5.92 Å². The van der Waals surface area contributed by atoms with Gasteiger partial charge in [0.25, 0.3) is 8.32 Å². The van der Waals surface area contributed by atoms with Crippen molar-refractivity contribution in [2.24, 2.45) is 5.92 Å². The Balaban J connectivity index is 2.44. The second-order valence-electron chi connectivity index (χ2n) is 7.98. The normalized spacial score (nSPS) is 13.0. The molecular formula is C24H32O3Si. The van der Waals surface area contributed by atoms with Gasteiger partial charge in [0.2, 0.25) is 0 Å². The summed E-state index contributed by atoms with van der Waals surface area (Å²) in [6.07, 6.45) is 2.09. The molecule has 1 atom stereocenters. The Kier molecular flexibility index (Phi) is 7.78. The summed E-state index contributed by atoms with van der Waals surface area (Å²) >= 11 is 0. The van der Waals surface area contributed by atoms with Gasteiger partial charge in [0.05, 0.1) is 13.0 Å². The highest BCUT2D eigenvalue weighted by Crippen LogP contribution is 2.37. The molecule has 28 heavy (non-hydrogen) atoms. The van der Waals surface area contributed by atoms with Gasteiger partial charge < -0.3 is 9.16 Å². The molecule has 0 saturated carbocycles. The van der Waals surface area contributed by atoms with Crippen molar-refractivity contribution in [3.8, 4) is 0 Å². The van der Waals surface area contributed by atoms with Crippen molar-refractivity contribution in [1.82, 2.24) is 0 Å². The first-order valence-electron chi connectivity index (χ1n) is 9.88. The summed E-state index contributed by atoms with van der Waals surface area (Å²) in [5.74, 6) is -0.292. The van der Waals surface area contributed by atoms with Crippen molar-refractivity contribution in [2.75, 3.05) is 13.2 Å². The minimum absolute atomic E-state index is 0.0827. The molecule has 0 amide bonds. The molecule has 1 unspecified atom stereocenters. The lowest BCUT2D eigenvalue weighted by atomic mass is 10.1. The first-order chi connectivity index (χ1) is 13.3. The van der Waals surface area contributed by atoms with Gasteiger partial charge in [0.1, 0.15) is 0 Å². The molecule has 0 aromatic heterocycles. The molecule has 4 heteroatoms. The van der Waals surface area contributed by atoms with Crippen molar-refractivity contribution >= 4 is 24.7 Å². The molecule has 0 aliphatic rings. The third-order valence-corrected chi connectivity index (χ3v) is 10.0. The van der Waals surface area contributed by atoms with Gasteiger partial charge in [-0.05, 0) is 22.3 Å². The predicted molar refractivity (Wildman–Crippen MR) is 119 cm³/mol. The van der Waals surface area contributed by atoms with Gasteiger partial charge in [-0.25, -0.2) is 0 Å². The van der Waals surface area contributed by atoms with Gasteiger partial charge in [-0.15, -0.1) is 6.58 Å². The Labute approximate surface area is 170 Å². The van der Waals surface area contributed by atoms with E-state index in [1.54, 1.807) is 6.08 Å². The number of rotatable bonds is 9. The maximum atomic E-state index is 12.0. The molecule has 0 saturated heterocycles. The van der Waals surface area contributed by atoms with E-state index in [4.69, 9.17) is 9.16 Å². The van der Waals surface area contributed by atoms with Gasteiger partial charge in [-0.2, -0.15) is 0 Å². The average Bonchev–Trinajstić information content (AvgIpc) is 2.68. The van der Waals surface area contributed by atoms with Crippen molar-refractivity contribution in [3.63, 3.8) is 0 Å². The highest BCUT2D eigenvalue weighted by molar-refractivity contribution is 6.99.